The topological polar surface area (TPSA) is 57.6 Å². The molecule has 1 aliphatic heterocycles. The molecule has 1 aliphatic rings. The standard InChI is InChI=1S/C15H16F3NO3/c1-9-12(14(21)22)3-2-8-19(9)13(20)10-4-6-11(7-5-10)15(16,17)18/h4-7,9,12H,2-3,8H2,1H3,(H,21,22)/t9-,12-/m1/s1. The van der Waals surface area contributed by atoms with Crippen LogP contribution in [0, 0.1) is 5.92 Å². The number of likely N-dealkylation sites (tertiary alicyclic amines) is 1. The number of amides is 1. The highest BCUT2D eigenvalue weighted by Gasteiger charge is 2.36. The molecule has 0 unspecified atom stereocenters. The Morgan fingerprint density at radius 1 is 1.23 bits per heavy atom. The van der Waals surface area contributed by atoms with Gasteiger partial charge in [0.15, 0.2) is 0 Å². The highest BCUT2D eigenvalue weighted by Crippen LogP contribution is 2.30. The number of piperidine rings is 1. The Kier molecular flexibility index (Phi) is 4.44. The van der Waals surface area contributed by atoms with Gasteiger partial charge in [0.25, 0.3) is 5.91 Å². The molecule has 0 saturated carbocycles. The zero-order chi connectivity index (χ0) is 16.5. The summed E-state index contributed by atoms with van der Waals surface area (Å²) in [6.07, 6.45) is -3.39. The smallest absolute Gasteiger partial charge is 0.416 e. The molecule has 0 aromatic heterocycles. The third-order valence-electron chi connectivity index (χ3n) is 4.03. The van der Waals surface area contributed by atoms with Crippen LogP contribution in [-0.4, -0.2) is 34.5 Å². The van der Waals surface area contributed by atoms with Crippen molar-refractivity contribution >= 4 is 11.9 Å². The number of halogens is 3. The van der Waals surface area contributed by atoms with Crippen LogP contribution in [0.15, 0.2) is 24.3 Å². The molecule has 1 fully saturated rings. The molecule has 2 rings (SSSR count). The Labute approximate surface area is 125 Å². The molecule has 120 valence electrons. The lowest BCUT2D eigenvalue weighted by Crippen LogP contribution is -2.49. The monoisotopic (exact) mass is 315 g/mol. The van der Waals surface area contributed by atoms with Gasteiger partial charge in [0.2, 0.25) is 0 Å². The predicted octanol–water partition coefficient (Wildman–Crippen LogP) is 3.03. The minimum atomic E-state index is -4.45. The maximum Gasteiger partial charge on any atom is 0.416 e. The Bertz CT molecular complexity index is 568. The first-order valence-corrected chi connectivity index (χ1v) is 6.93. The van der Waals surface area contributed by atoms with Crippen LogP contribution in [0.1, 0.15) is 35.7 Å². The van der Waals surface area contributed by atoms with Gasteiger partial charge in [-0.15, -0.1) is 0 Å². The van der Waals surface area contributed by atoms with Crippen LogP contribution >= 0.6 is 0 Å². The number of carbonyl (C=O) groups is 2. The van der Waals surface area contributed by atoms with Crippen molar-refractivity contribution in [3.8, 4) is 0 Å². The van der Waals surface area contributed by atoms with E-state index in [1.807, 2.05) is 0 Å². The van der Waals surface area contributed by atoms with Gasteiger partial charge in [0.05, 0.1) is 11.5 Å². The molecular weight excluding hydrogens is 299 g/mol. The Morgan fingerprint density at radius 2 is 1.82 bits per heavy atom. The second-order valence-electron chi connectivity index (χ2n) is 5.40. The number of carboxylic acids is 1. The molecule has 0 spiro atoms. The van der Waals surface area contributed by atoms with Crippen molar-refractivity contribution in [3.63, 3.8) is 0 Å². The van der Waals surface area contributed by atoms with Gasteiger partial charge >= 0.3 is 12.1 Å². The van der Waals surface area contributed by atoms with Gasteiger partial charge in [-0.05, 0) is 44.0 Å². The summed E-state index contributed by atoms with van der Waals surface area (Å²) < 4.78 is 37.6. The lowest BCUT2D eigenvalue weighted by molar-refractivity contribution is -0.145. The van der Waals surface area contributed by atoms with E-state index in [0.29, 0.717) is 19.4 Å². The zero-order valence-electron chi connectivity index (χ0n) is 11.9. The fourth-order valence-electron chi connectivity index (χ4n) is 2.73. The van der Waals surface area contributed by atoms with E-state index in [4.69, 9.17) is 5.11 Å². The molecule has 1 aromatic rings. The lowest BCUT2D eigenvalue weighted by atomic mass is 9.90. The number of alkyl halides is 3. The third-order valence-corrected chi connectivity index (χ3v) is 4.03. The SMILES string of the molecule is C[C@@H]1[C@H](C(=O)O)CCCN1C(=O)c1ccc(C(F)(F)F)cc1. The first kappa shape index (κ1) is 16.3. The van der Waals surface area contributed by atoms with Crippen molar-refractivity contribution in [2.45, 2.75) is 32.0 Å². The number of hydrogen-bond acceptors (Lipinski definition) is 2. The Hall–Kier alpha value is -2.05. The highest BCUT2D eigenvalue weighted by molar-refractivity contribution is 5.95. The highest BCUT2D eigenvalue weighted by atomic mass is 19.4. The van der Waals surface area contributed by atoms with Crippen LogP contribution in [0.3, 0.4) is 0 Å². The van der Waals surface area contributed by atoms with Crippen molar-refractivity contribution in [2.75, 3.05) is 6.54 Å². The van der Waals surface area contributed by atoms with E-state index < -0.39 is 35.6 Å². The fraction of sp³-hybridized carbons (Fsp3) is 0.467. The second kappa shape index (κ2) is 5.98. The molecule has 0 bridgehead atoms. The second-order valence-corrected chi connectivity index (χ2v) is 5.40. The van der Waals surface area contributed by atoms with Crippen molar-refractivity contribution in [1.29, 1.82) is 0 Å². The van der Waals surface area contributed by atoms with Crippen LogP contribution in [0.4, 0.5) is 13.2 Å². The van der Waals surface area contributed by atoms with Crippen LogP contribution in [0.2, 0.25) is 0 Å². The first-order chi connectivity index (χ1) is 10.2. The summed E-state index contributed by atoms with van der Waals surface area (Å²) >= 11 is 0. The first-order valence-electron chi connectivity index (χ1n) is 6.93. The van der Waals surface area contributed by atoms with E-state index >= 15 is 0 Å². The van der Waals surface area contributed by atoms with Crippen LogP contribution in [0.25, 0.3) is 0 Å². The molecule has 1 aromatic carbocycles. The van der Waals surface area contributed by atoms with Crippen molar-refractivity contribution < 1.29 is 27.9 Å². The van der Waals surface area contributed by atoms with Gasteiger partial charge in [-0.2, -0.15) is 13.2 Å². The molecule has 1 amide bonds. The van der Waals surface area contributed by atoms with E-state index in [9.17, 15) is 22.8 Å². The number of carbonyl (C=O) groups excluding carboxylic acids is 1. The van der Waals surface area contributed by atoms with Gasteiger partial charge in [-0.1, -0.05) is 0 Å². The summed E-state index contributed by atoms with van der Waals surface area (Å²) in [5.41, 5.74) is -0.690. The van der Waals surface area contributed by atoms with E-state index in [1.165, 1.54) is 4.90 Å². The van der Waals surface area contributed by atoms with Crippen molar-refractivity contribution in [3.05, 3.63) is 35.4 Å². The fourth-order valence-corrected chi connectivity index (χ4v) is 2.73. The van der Waals surface area contributed by atoms with Crippen molar-refractivity contribution in [1.82, 2.24) is 4.90 Å². The molecule has 4 nitrogen and oxygen atoms in total. The van der Waals surface area contributed by atoms with Crippen LogP contribution in [-0.2, 0) is 11.0 Å². The molecule has 1 N–H and O–H groups in total. The quantitative estimate of drug-likeness (QED) is 0.912. The van der Waals surface area contributed by atoms with Crippen molar-refractivity contribution in [2.24, 2.45) is 5.92 Å². The maximum absolute atomic E-state index is 12.5. The summed E-state index contributed by atoms with van der Waals surface area (Å²) in [6, 6.07) is 3.48. The number of aliphatic carboxylic acids is 1. The largest absolute Gasteiger partial charge is 0.481 e. The molecule has 22 heavy (non-hydrogen) atoms. The Morgan fingerprint density at radius 3 is 2.32 bits per heavy atom. The molecule has 0 radical (unpaired) electrons. The van der Waals surface area contributed by atoms with Gasteiger partial charge in [-0.3, -0.25) is 9.59 Å². The average Bonchev–Trinajstić information content (AvgIpc) is 2.45. The third kappa shape index (κ3) is 3.23. The summed E-state index contributed by atoms with van der Waals surface area (Å²) in [7, 11) is 0. The van der Waals surface area contributed by atoms with Gasteiger partial charge in [-0.25, -0.2) is 0 Å². The minimum absolute atomic E-state index is 0.130. The van der Waals surface area contributed by atoms with E-state index in [0.717, 1.165) is 24.3 Å². The van der Waals surface area contributed by atoms with E-state index in [-0.39, 0.29) is 5.56 Å². The zero-order valence-corrected chi connectivity index (χ0v) is 11.9. The maximum atomic E-state index is 12.5. The van der Waals surface area contributed by atoms with Gasteiger partial charge < -0.3 is 10.0 Å². The molecule has 1 saturated heterocycles. The summed E-state index contributed by atoms with van der Waals surface area (Å²) in [5.74, 6) is -2.04. The summed E-state index contributed by atoms with van der Waals surface area (Å²) in [6.45, 7) is 2.06. The number of nitrogens with zero attached hydrogens (tertiary/aromatic N) is 1. The molecular formula is C15H16F3NO3. The van der Waals surface area contributed by atoms with Gasteiger partial charge in [0.1, 0.15) is 0 Å². The molecule has 0 aliphatic carbocycles. The van der Waals surface area contributed by atoms with Crippen LogP contribution < -0.4 is 0 Å². The lowest BCUT2D eigenvalue weighted by Gasteiger charge is -2.37. The predicted molar refractivity (Wildman–Crippen MR) is 72.3 cm³/mol. The number of benzene rings is 1. The molecule has 1 heterocycles. The number of rotatable bonds is 2. The normalized spacial score (nSPS) is 22.5. The van der Waals surface area contributed by atoms with E-state index in [2.05, 4.69) is 0 Å². The molecule has 2 atom stereocenters. The Balaban J connectivity index is 2.19. The molecule has 7 heteroatoms. The average molecular weight is 315 g/mol. The summed E-state index contributed by atoms with van der Waals surface area (Å²) in [4.78, 5) is 25.0. The number of hydrogen-bond donors (Lipinski definition) is 1. The van der Waals surface area contributed by atoms with Crippen LogP contribution in [0.5, 0.6) is 0 Å². The van der Waals surface area contributed by atoms with Gasteiger partial charge in [0, 0.05) is 18.2 Å². The number of carboxylic acid groups (broad SMARTS) is 1. The summed E-state index contributed by atoms with van der Waals surface area (Å²) in [5, 5.41) is 9.14. The minimum Gasteiger partial charge on any atom is -0.481 e. The van der Waals surface area contributed by atoms with E-state index in [1.54, 1.807) is 6.92 Å².